The molecule has 2 nitrogen and oxygen atoms in total. The Labute approximate surface area is 357 Å². The number of anilines is 3. The molecular formula is C58H37NOS. The first kappa shape index (κ1) is 35.2. The lowest BCUT2D eigenvalue weighted by Gasteiger charge is -2.29. The summed E-state index contributed by atoms with van der Waals surface area (Å²) in [7, 11) is 0. The van der Waals surface area contributed by atoms with E-state index in [1.54, 1.807) is 0 Å². The van der Waals surface area contributed by atoms with Gasteiger partial charge in [-0.25, -0.2) is 0 Å². The zero-order valence-corrected chi connectivity index (χ0v) is 33.9. The molecule has 0 bridgehead atoms. The summed E-state index contributed by atoms with van der Waals surface area (Å²) in [5, 5.41) is 7.32. The first-order valence-corrected chi connectivity index (χ1v) is 21.6. The van der Waals surface area contributed by atoms with Crippen LogP contribution in [0.4, 0.5) is 17.1 Å². The van der Waals surface area contributed by atoms with Crippen LogP contribution in [-0.2, 0) is 0 Å². The molecule has 10 aromatic carbocycles. The highest BCUT2D eigenvalue weighted by Gasteiger charge is 2.21. The summed E-state index contributed by atoms with van der Waals surface area (Å²) in [5.74, 6) is 0. The third kappa shape index (κ3) is 6.01. The number of hydrogen-bond acceptors (Lipinski definition) is 3. The lowest BCUT2D eigenvalue weighted by Crippen LogP contribution is -2.11. The SMILES string of the molecule is c1cc(-c2cccc(N(c3cccc(-c4cccc5oc6ccccc6c45)c3)c3ccccc3-c3cccc4ccccc34)c2)cc(-c2cccc3c2sc2ccccc23)c1. The van der Waals surface area contributed by atoms with Gasteiger partial charge in [0.05, 0.1) is 5.69 Å². The van der Waals surface area contributed by atoms with Crippen LogP contribution in [0, 0.1) is 0 Å². The third-order valence-electron chi connectivity index (χ3n) is 12.1. The normalized spacial score (nSPS) is 11.6. The summed E-state index contributed by atoms with van der Waals surface area (Å²) in [6.45, 7) is 0. The van der Waals surface area contributed by atoms with Crippen LogP contribution in [0.3, 0.4) is 0 Å². The number of para-hydroxylation sites is 2. The van der Waals surface area contributed by atoms with E-state index in [0.717, 1.165) is 61.3 Å². The molecule has 0 spiro atoms. The molecule has 12 rings (SSSR count). The molecule has 3 heteroatoms. The number of thiophene rings is 1. The van der Waals surface area contributed by atoms with Gasteiger partial charge in [0, 0.05) is 47.9 Å². The van der Waals surface area contributed by atoms with Crippen LogP contribution >= 0.6 is 11.3 Å². The van der Waals surface area contributed by atoms with E-state index in [4.69, 9.17) is 4.42 Å². The maximum absolute atomic E-state index is 6.35. The molecule has 0 amide bonds. The van der Waals surface area contributed by atoms with Crippen molar-refractivity contribution in [1.29, 1.82) is 0 Å². The molecule has 0 aliphatic heterocycles. The Morgan fingerprint density at radius 3 is 1.77 bits per heavy atom. The lowest BCUT2D eigenvalue weighted by atomic mass is 9.95. The molecule has 61 heavy (non-hydrogen) atoms. The summed E-state index contributed by atoms with van der Waals surface area (Å²) < 4.78 is 8.99. The number of fused-ring (bicyclic) bond motifs is 7. The largest absolute Gasteiger partial charge is 0.456 e. The van der Waals surface area contributed by atoms with E-state index in [0.29, 0.717) is 0 Å². The first-order chi connectivity index (χ1) is 30.2. The van der Waals surface area contributed by atoms with Crippen molar-refractivity contribution in [3.63, 3.8) is 0 Å². The summed E-state index contributed by atoms with van der Waals surface area (Å²) >= 11 is 1.88. The van der Waals surface area contributed by atoms with E-state index in [9.17, 15) is 0 Å². The van der Waals surface area contributed by atoms with Crippen LogP contribution < -0.4 is 4.90 Å². The quantitative estimate of drug-likeness (QED) is 0.160. The minimum Gasteiger partial charge on any atom is -0.456 e. The fraction of sp³-hybridized carbons (Fsp3) is 0. The first-order valence-electron chi connectivity index (χ1n) is 20.7. The minimum absolute atomic E-state index is 0.890. The Morgan fingerprint density at radius 2 is 0.885 bits per heavy atom. The molecular weight excluding hydrogens is 759 g/mol. The van der Waals surface area contributed by atoms with Crippen molar-refractivity contribution in [1.82, 2.24) is 0 Å². The van der Waals surface area contributed by atoms with E-state index < -0.39 is 0 Å². The van der Waals surface area contributed by atoms with Crippen LogP contribution in [-0.4, -0.2) is 0 Å². The van der Waals surface area contributed by atoms with Gasteiger partial charge in [-0.2, -0.15) is 0 Å². The summed E-state index contributed by atoms with van der Waals surface area (Å²) in [5.41, 5.74) is 14.5. The molecule has 286 valence electrons. The highest BCUT2D eigenvalue weighted by molar-refractivity contribution is 7.26. The Bertz CT molecular complexity index is 3620. The fourth-order valence-electron chi connectivity index (χ4n) is 9.28. The maximum Gasteiger partial charge on any atom is 0.136 e. The zero-order valence-electron chi connectivity index (χ0n) is 33.1. The van der Waals surface area contributed by atoms with Gasteiger partial charge in [0.1, 0.15) is 11.2 Å². The number of nitrogens with zero attached hydrogens (tertiary/aromatic N) is 1. The lowest BCUT2D eigenvalue weighted by molar-refractivity contribution is 0.669. The van der Waals surface area contributed by atoms with E-state index in [-0.39, 0.29) is 0 Å². The highest BCUT2D eigenvalue weighted by Crippen LogP contribution is 2.46. The third-order valence-corrected chi connectivity index (χ3v) is 13.3. The maximum atomic E-state index is 6.35. The van der Waals surface area contributed by atoms with Gasteiger partial charge in [-0.15, -0.1) is 11.3 Å². The van der Waals surface area contributed by atoms with Crippen molar-refractivity contribution in [2.45, 2.75) is 0 Å². The van der Waals surface area contributed by atoms with Gasteiger partial charge in [-0.3, -0.25) is 0 Å². The number of furan rings is 1. The molecule has 0 radical (unpaired) electrons. The minimum atomic E-state index is 0.890. The van der Waals surface area contributed by atoms with Gasteiger partial charge in [-0.1, -0.05) is 170 Å². The van der Waals surface area contributed by atoms with Gasteiger partial charge >= 0.3 is 0 Å². The van der Waals surface area contributed by atoms with Crippen molar-refractivity contribution in [3.8, 4) is 44.5 Å². The monoisotopic (exact) mass is 795 g/mol. The molecule has 2 aromatic heterocycles. The van der Waals surface area contributed by atoms with Crippen molar-refractivity contribution in [2.24, 2.45) is 0 Å². The predicted octanol–water partition coefficient (Wildman–Crippen LogP) is 17.2. The Balaban J connectivity index is 1.04. The number of rotatable bonds is 7. The highest BCUT2D eigenvalue weighted by atomic mass is 32.1. The van der Waals surface area contributed by atoms with E-state index in [1.807, 2.05) is 17.4 Å². The van der Waals surface area contributed by atoms with Gasteiger partial charge in [0.2, 0.25) is 0 Å². The average molecular weight is 796 g/mol. The molecule has 2 heterocycles. The second-order valence-corrected chi connectivity index (χ2v) is 16.7. The van der Waals surface area contributed by atoms with E-state index >= 15 is 0 Å². The standard InChI is InChI=1S/C58H37NOS/c1-2-23-45-38(15-1)16-12-29-48(45)49-24-3-6-31-53(49)59(44-22-11-20-42(37-44)46-27-14-33-55-57(46)52-26-4-7-32-54(52)60-55)43-21-10-18-40(36-43)39-17-9-19-41(35-39)47-28-13-30-51-50-25-5-8-34-56(50)61-58(47)51/h1-37H. The van der Waals surface area contributed by atoms with Crippen LogP contribution in [0.15, 0.2) is 229 Å². The topological polar surface area (TPSA) is 16.4 Å². The number of hydrogen-bond donors (Lipinski definition) is 0. The Hall–Kier alpha value is -7.72. The summed E-state index contributed by atoms with van der Waals surface area (Å²) in [4.78, 5) is 2.43. The van der Waals surface area contributed by atoms with E-state index in [1.165, 1.54) is 53.2 Å². The summed E-state index contributed by atoms with van der Waals surface area (Å²) in [6.07, 6.45) is 0. The predicted molar refractivity (Wildman–Crippen MR) is 261 cm³/mol. The van der Waals surface area contributed by atoms with Gasteiger partial charge < -0.3 is 9.32 Å². The van der Waals surface area contributed by atoms with Gasteiger partial charge in [-0.05, 0) is 104 Å². The molecule has 0 aliphatic carbocycles. The van der Waals surface area contributed by atoms with Crippen molar-refractivity contribution >= 4 is 81.3 Å². The van der Waals surface area contributed by atoms with Crippen molar-refractivity contribution in [3.05, 3.63) is 224 Å². The van der Waals surface area contributed by atoms with Crippen LogP contribution in [0.1, 0.15) is 0 Å². The van der Waals surface area contributed by atoms with Crippen molar-refractivity contribution < 1.29 is 4.42 Å². The second-order valence-electron chi connectivity index (χ2n) is 15.6. The van der Waals surface area contributed by atoms with Crippen LogP contribution in [0.5, 0.6) is 0 Å². The second kappa shape index (κ2) is 14.5. The fourth-order valence-corrected chi connectivity index (χ4v) is 10.5. The Kier molecular flexibility index (Phi) is 8.39. The summed E-state index contributed by atoms with van der Waals surface area (Å²) in [6, 6.07) is 81.2. The number of benzene rings is 10. The smallest absolute Gasteiger partial charge is 0.136 e. The molecule has 0 atom stereocenters. The molecule has 0 unspecified atom stereocenters. The molecule has 0 N–H and O–H groups in total. The molecule has 0 fully saturated rings. The van der Waals surface area contributed by atoms with Crippen LogP contribution in [0.25, 0.3) is 97.4 Å². The molecule has 0 saturated carbocycles. The molecule has 12 aromatic rings. The molecule has 0 aliphatic rings. The van der Waals surface area contributed by atoms with Gasteiger partial charge in [0.15, 0.2) is 0 Å². The Morgan fingerprint density at radius 1 is 0.344 bits per heavy atom. The molecule has 0 saturated heterocycles. The average Bonchev–Trinajstić information content (AvgIpc) is 3.91. The van der Waals surface area contributed by atoms with Crippen LogP contribution in [0.2, 0.25) is 0 Å². The van der Waals surface area contributed by atoms with E-state index in [2.05, 4.69) is 223 Å². The zero-order chi connectivity index (χ0) is 40.3. The van der Waals surface area contributed by atoms with Gasteiger partial charge in [0.25, 0.3) is 0 Å². The van der Waals surface area contributed by atoms with Crippen molar-refractivity contribution in [2.75, 3.05) is 4.90 Å².